The highest BCUT2D eigenvalue weighted by Gasteiger charge is 2.43. The molecule has 0 saturated heterocycles. The van der Waals surface area contributed by atoms with Crippen molar-refractivity contribution in [1.29, 1.82) is 0 Å². The van der Waals surface area contributed by atoms with Crippen LogP contribution in [0.2, 0.25) is 0 Å². The molecule has 0 aromatic heterocycles. The Labute approximate surface area is 92.0 Å². The number of aliphatic hydroxyl groups is 1. The maximum Gasteiger partial charge on any atom is 0.0676 e. The molecule has 1 fully saturated rings. The second-order valence-corrected chi connectivity index (χ2v) is 4.24. The van der Waals surface area contributed by atoms with E-state index < -0.39 is 0 Å². The van der Waals surface area contributed by atoms with Crippen LogP contribution in [0, 0.1) is 5.92 Å². The molecule has 1 atom stereocenters. The van der Waals surface area contributed by atoms with Crippen molar-refractivity contribution in [2.45, 2.75) is 24.8 Å². The van der Waals surface area contributed by atoms with Crippen LogP contribution in [0.3, 0.4) is 0 Å². The number of rotatable bonds is 9. The second-order valence-electron chi connectivity index (χ2n) is 4.24. The van der Waals surface area contributed by atoms with Gasteiger partial charge in [-0.05, 0) is 32.2 Å². The fourth-order valence-electron chi connectivity index (χ4n) is 1.84. The lowest BCUT2D eigenvalue weighted by atomic mass is 9.96. The molecule has 0 aromatic rings. The highest BCUT2D eigenvalue weighted by Crippen LogP contribution is 2.39. The van der Waals surface area contributed by atoms with E-state index in [1.54, 1.807) is 7.11 Å². The summed E-state index contributed by atoms with van der Waals surface area (Å²) in [7, 11) is 3.59. The lowest BCUT2D eigenvalue weighted by Gasteiger charge is -2.31. The van der Waals surface area contributed by atoms with Crippen LogP contribution in [0.15, 0.2) is 0 Å². The molecule has 0 heterocycles. The van der Waals surface area contributed by atoms with E-state index in [1.165, 1.54) is 12.8 Å². The monoisotopic (exact) mass is 217 g/mol. The van der Waals surface area contributed by atoms with Gasteiger partial charge in [-0.3, -0.25) is 0 Å². The van der Waals surface area contributed by atoms with Gasteiger partial charge in [0.15, 0.2) is 0 Å². The fourth-order valence-corrected chi connectivity index (χ4v) is 1.84. The van der Waals surface area contributed by atoms with Crippen LogP contribution in [-0.4, -0.2) is 51.2 Å². The largest absolute Gasteiger partial charge is 0.394 e. The Bertz CT molecular complexity index is 167. The zero-order valence-corrected chi connectivity index (χ0v) is 9.79. The molecule has 0 spiro atoms. The lowest BCUT2D eigenvalue weighted by Crippen LogP contribution is -2.52. The molecule has 1 aliphatic rings. The van der Waals surface area contributed by atoms with E-state index in [0.717, 1.165) is 13.0 Å². The van der Waals surface area contributed by atoms with E-state index >= 15 is 0 Å². The standard InChI is InChI=1S/C11H23NO3/c1-12-11(8-13,10-4-5-10)9-15-7-3-6-14-2/h10,12-13H,3-9H2,1-2H3. The maximum absolute atomic E-state index is 9.42. The summed E-state index contributed by atoms with van der Waals surface area (Å²) in [6, 6.07) is 0. The van der Waals surface area contributed by atoms with E-state index in [0.29, 0.717) is 19.1 Å². The van der Waals surface area contributed by atoms with Crippen LogP contribution < -0.4 is 5.32 Å². The van der Waals surface area contributed by atoms with Crippen molar-refractivity contribution in [3.8, 4) is 0 Å². The van der Waals surface area contributed by atoms with Crippen molar-refractivity contribution < 1.29 is 14.6 Å². The van der Waals surface area contributed by atoms with Crippen LogP contribution >= 0.6 is 0 Å². The average molecular weight is 217 g/mol. The topological polar surface area (TPSA) is 50.7 Å². The first-order chi connectivity index (χ1) is 7.29. The molecule has 0 aliphatic heterocycles. The van der Waals surface area contributed by atoms with Crippen LogP contribution in [0.25, 0.3) is 0 Å². The molecule has 1 rings (SSSR count). The Morgan fingerprint density at radius 2 is 2.13 bits per heavy atom. The molecule has 4 heteroatoms. The third-order valence-electron chi connectivity index (χ3n) is 3.14. The Balaban J connectivity index is 2.19. The Morgan fingerprint density at radius 3 is 2.60 bits per heavy atom. The maximum atomic E-state index is 9.42. The van der Waals surface area contributed by atoms with E-state index in [9.17, 15) is 5.11 Å². The van der Waals surface area contributed by atoms with Gasteiger partial charge in [0.05, 0.1) is 18.8 Å². The SMILES string of the molecule is CNC(CO)(COCCCOC)C1CC1. The zero-order chi connectivity index (χ0) is 11.1. The molecular weight excluding hydrogens is 194 g/mol. The average Bonchev–Trinajstić information content (AvgIpc) is 3.08. The van der Waals surface area contributed by atoms with Gasteiger partial charge in [0, 0.05) is 20.3 Å². The number of likely N-dealkylation sites (N-methyl/N-ethyl adjacent to an activating group) is 1. The first kappa shape index (κ1) is 12.9. The van der Waals surface area contributed by atoms with Crippen molar-refractivity contribution in [2.75, 3.05) is 40.6 Å². The Kier molecular flexibility index (Phi) is 5.53. The summed E-state index contributed by atoms with van der Waals surface area (Å²) < 4.78 is 10.5. The molecule has 0 aromatic carbocycles. The van der Waals surface area contributed by atoms with Gasteiger partial charge in [0.25, 0.3) is 0 Å². The van der Waals surface area contributed by atoms with Crippen molar-refractivity contribution >= 4 is 0 Å². The smallest absolute Gasteiger partial charge is 0.0676 e. The molecule has 90 valence electrons. The van der Waals surface area contributed by atoms with Crippen LogP contribution in [0.5, 0.6) is 0 Å². The zero-order valence-electron chi connectivity index (χ0n) is 9.79. The van der Waals surface area contributed by atoms with Crippen molar-refractivity contribution in [2.24, 2.45) is 5.92 Å². The molecule has 1 aliphatic carbocycles. The van der Waals surface area contributed by atoms with Gasteiger partial charge in [-0.15, -0.1) is 0 Å². The predicted molar refractivity (Wildman–Crippen MR) is 58.9 cm³/mol. The van der Waals surface area contributed by atoms with Crippen LogP contribution in [0.1, 0.15) is 19.3 Å². The van der Waals surface area contributed by atoms with Crippen LogP contribution in [-0.2, 0) is 9.47 Å². The summed E-state index contributed by atoms with van der Waals surface area (Å²) in [5.74, 6) is 0.579. The van der Waals surface area contributed by atoms with E-state index in [-0.39, 0.29) is 12.1 Å². The summed E-state index contributed by atoms with van der Waals surface area (Å²) in [6.07, 6.45) is 3.30. The molecule has 0 radical (unpaired) electrons. The van der Waals surface area contributed by atoms with Crippen molar-refractivity contribution in [1.82, 2.24) is 5.32 Å². The fraction of sp³-hybridized carbons (Fsp3) is 1.00. The first-order valence-corrected chi connectivity index (χ1v) is 5.65. The summed E-state index contributed by atoms with van der Waals surface area (Å²) in [5, 5.41) is 12.6. The van der Waals surface area contributed by atoms with Gasteiger partial charge in [0.1, 0.15) is 0 Å². The number of nitrogens with one attached hydrogen (secondary N) is 1. The number of hydrogen-bond acceptors (Lipinski definition) is 4. The van der Waals surface area contributed by atoms with Gasteiger partial charge >= 0.3 is 0 Å². The third-order valence-corrected chi connectivity index (χ3v) is 3.14. The molecular formula is C11H23NO3. The number of hydrogen-bond donors (Lipinski definition) is 2. The van der Waals surface area contributed by atoms with Crippen LogP contribution in [0.4, 0.5) is 0 Å². The van der Waals surface area contributed by atoms with E-state index in [1.807, 2.05) is 7.05 Å². The minimum atomic E-state index is -0.215. The van der Waals surface area contributed by atoms with Crippen molar-refractivity contribution in [3.63, 3.8) is 0 Å². The van der Waals surface area contributed by atoms with Gasteiger partial charge < -0.3 is 19.9 Å². The minimum Gasteiger partial charge on any atom is -0.394 e. The summed E-state index contributed by atoms with van der Waals surface area (Å²) in [5.41, 5.74) is -0.215. The highest BCUT2D eigenvalue weighted by molar-refractivity contribution is 5.00. The summed E-state index contributed by atoms with van der Waals surface area (Å²) >= 11 is 0. The molecule has 1 unspecified atom stereocenters. The highest BCUT2D eigenvalue weighted by atomic mass is 16.5. The minimum absolute atomic E-state index is 0.151. The predicted octanol–water partition coefficient (Wildman–Crippen LogP) is 0.400. The quantitative estimate of drug-likeness (QED) is 0.549. The first-order valence-electron chi connectivity index (χ1n) is 5.65. The van der Waals surface area contributed by atoms with Gasteiger partial charge in [-0.1, -0.05) is 0 Å². The van der Waals surface area contributed by atoms with E-state index in [4.69, 9.17) is 9.47 Å². The second kappa shape index (κ2) is 6.43. The van der Waals surface area contributed by atoms with Gasteiger partial charge in [-0.2, -0.15) is 0 Å². The summed E-state index contributed by atoms with van der Waals surface area (Å²) in [4.78, 5) is 0. The molecule has 4 nitrogen and oxygen atoms in total. The Morgan fingerprint density at radius 1 is 1.40 bits per heavy atom. The normalized spacial score (nSPS) is 20.2. The lowest BCUT2D eigenvalue weighted by molar-refractivity contribution is 0.0207. The van der Waals surface area contributed by atoms with E-state index in [2.05, 4.69) is 5.32 Å². The number of methoxy groups -OCH3 is 1. The summed E-state index contributed by atoms with van der Waals surface area (Å²) in [6.45, 7) is 2.17. The molecule has 2 N–H and O–H groups in total. The molecule has 15 heavy (non-hydrogen) atoms. The molecule has 0 bridgehead atoms. The van der Waals surface area contributed by atoms with Crippen molar-refractivity contribution in [3.05, 3.63) is 0 Å². The Hall–Kier alpha value is -0.160. The molecule has 0 amide bonds. The van der Waals surface area contributed by atoms with Gasteiger partial charge in [-0.25, -0.2) is 0 Å². The molecule has 1 saturated carbocycles. The number of ether oxygens (including phenoxy) is 2. The third kappa shape index (κ3) is 3.72. The van der Waals surface area contributed by atoms with Gasteiger partial charge in [0.2, 0.25) is 0 Å². The number of aliphatic hydroxyl groups excluding tert-OH is 1.